The minimum absolute atomic E-state index is 1.16. The number of rotatable bonds is 1. The van der Waals surface area contributed by atoms with Gasteiger partial charge in [0.2, 0.25) is 0 Å². The molecule has 0 aliphatic heterocycles. The van der Waals surface area contributed by atoms with Crippen molar-refractivity contribution in [3.8, 4) is 0 Å². The molecule has 3 heteroatoms. The topological polar surface area (TPSA) is 0 Å². The molecule has 0 aliphatic rings. The second-order valence-corrected chi connectivity index (χ2v) is 3.76. The molecule has 0 bridgehead atoms. The van der Waals surface area contributed by atoms with Gasteiger partial charge in [-0.25, -0.2) is 0 Å². The number of hydrogen-bond donors (Lipinski definition) is 0. The Morgan fingerprint density at radius 3 is 2.78 bits per heavy atom. The predicted molar refractivity (Wildman–Crippen MR) is 50.0 cm³/mol. The van der Waals surface area contributed by atoms with Crippen LogP contribution in [0.2, 0.25) is 0 Å². The third-order valence-corrected chi connectivity index (χ3v) is 2.96. The maximum absolute atomic E-state index is 3.41. The summed E-state index contributed by atoms with van der Waals surface area (Å²) in [6.45, 7) is 0. The van der Waals surface area contributed by atoms with Crippen molar-refractivity contribution in [3.05, 3.63) is 25.8 Å². The van der Waals surface area contributed by atoms with E-state index in [0.717, 1.165) is 4.47 Å². The maximum atomic E-state index is 3.41. The van der Waals surface area contributed by atoms with Gasteiger partial charge in [0.1, 0.15) is 0 Å². The molecule has 0 nitrogen and oxygen atoms in total. The fourth-order valence-electron chi connectivity index (χ4n) is 0.482. The van der Waals surface area contributed by atoms with E-state index in [4.69, 9.17) is 0 Å². The Morgan fingerprint density at radius 1 is 1.56 bits per heavy atom. The summed E-state index contributed by atoms with van der Waals surface area (Å²) >= 11 is 8.33. The first-order chi connectivity index (χ1) is 4.34. The van der Waals surface area contributed by atoms with Gasteiger partial charge in [-0.1, -0.05) is 15.9 Å². The van der Waals surface area contributed by atoms with Gasteiger partial charge in [0.25, 0.3) is 0 Å². The molecule has 1 aromatic rings. The van der Waals surface area contributed by atoms with Gasteiger partial charge in [-0.05, 0) is 38.4 Å². The number of halogens is 2. The van der Waals surface area contributed by atoms with Crippen molar-refractivity contribution < 1.29 is 0 Å². The SMILES string of the molecule is Br/C=C/c1sccc1Br. The summed E-state index contributed by atoms with van der Waals surface area (Å²) in [4.78, 5) is 3.09. The molecule has 1 heterocycles. The molecule has 1 aromatic heterocycles. The minimum Gasteiger partial charge on any atom is -0.143 e. The molecule has 0 unspecified atom stereocenters. The normalized spacial score (nSPS) is 10.9. The molecule has 0 aliphatic carbocycles. The molecule has 0 fully saturated rings. The summed E-state index contributed by atoms with van der Waals surface area (Å²) in [6, 6.07) is 2.03. The van der Waals surface area contributed by atoms with Crippen LogP contribution in [0.4, 0.5) is 0 Å². The quantitative estimate of drug-likeness (QED) is 0.725. The molecule has 1 rings (SSSR count). The average Bonchev–Trinajstić information content (AvgIpc) is 2.18. The monoisotopic (exact) mass is 266 g/mol. The predicted octanol–water partition coefficient (Wildman–Crippen LogP) is 3.88. The summed E-state index contributed by atoms with van der Waals surface area (Å²) < 4.78 is 1.16. The van der Waals surface area contributed by atoms with Gasteiger partial charge < -0.3 is 0 Å². The van der Waals surface area contributed by atoms with Crippen LogP contribution in [-0.4, -0.2) is 0 Å². The largest absolute Gasteiger partial charge is 0.143 e. The first-order valence-electron chi connectivity index (χ1n) is 2.34. The molecule has 0 atom stereocenters. The van der Waals surface area contributed by atoms with Gasteiger partial charge in [0, 0.05) is 9.35 Å². The fourth-order valence-corrected chi connectivity index (χ4v) is 2.32. The van der Waals surface area contributed by atoms with E-state index in [1.165, 1.54) is 4.88 Å². The Bertz CT molecular complexity index is 215. The molecule has 0 saturated heterocycles. The van der Waals surface area contributed by atoms with Gasteiger partial charge in [-0.15, -0.1) is 11.3 Å². The van der Waals surface area contributed by atoms with Crippen LogP contribution in [0.1, 0.15) is 4.88 Å². The Morgan fingerprint density at radius 2 is 2.33 bits per heavy atom. The summed E-state index contributed by atoms with van der Waals surface area (Å²) in [7, 11) is 0. The molecule has 0 spiro atoms. The Kier molecular flexibility index (Phi) is 2.95. The molecular weight excluding hydrogens is 264 g/mol. The highest BCUT2D eigenvalue weighted by atomic mass is 79.9. The molecule has 0 saturated carbocycles. The van der Waals surface area contributed by atoms with Crippen molar-refractivity contribution in [2.75, 3.05) is 0 Å². The average molecular weight is 268 g/mol. The maximum Gasteiger partial charge on any atom is 0.0417 e. The molecule has 48 valence electrons. The van der Waals surface area contributed by atoms with Crippen molar-refractivity contribution in [1.29, 1.82) is 0 Å². The van der Waals surface area contributed by atoms with Crippen molar-refractivity contribution in [2.24, 2.45) is 0 Å². The fraction of sp³-hybridized carbons (Fsp3) is 0. The summed E-state index contributed by atoms with van der Waals surface area (Å²) in [5, 5.41) is 2.05. The third kappa shape index (κ3) is 1.92. The highest BCUT2D eigenvalue weighted by Crippen LogP contribution is 2.23. The Hall–Kier alpha value is 0.400. The van der Waals surface area contributed by atoms with Crippen molar-refractivity contribution in [3.63, 3.8) is 0 Å². The van der Waals surface area contributed by atoms with Gasteiger partial charge in [0.05, 0.1) is 0 Å². The summed E-state index contributed by atoms with van der Waals surface area (Å²) in [6.07, 6.45) is 2.01. The number of thiophene rings is 1. The number of hydrogen-bond acceptors (Lipinski definition) is 1. The summed E-state index contributed by atoms with van der Waals surface area (Å²) in [5.74, 6) is 0. The molecule has 0 radical (unpaired) electrons. The third-order valence-electron chi connectivity index (χ3n) is 0.859. The second-order valence-electron chi connectivity index (χ2n) is 1.43. The van der Waals surface area contributed by atoms with E-state index in [9.17, 15) is 0 Å². The Balaban J connectivity index is 2.94. The lowest BCUT2D eigenvalue weighted by Gasteiger charge is -1.82. The van der Waals surface area contributed by atoms with Crippen LogP contribution >= 0.6 is 43.2 Å². The van der Waals surface area contributed by atoms with E-state index in [2.05, 4.69) is 31.9 Å². The Labute approximate surface area is 74.8 Å². The van der Waals surface area contributed by atoms with E-state index in [0.29, 0.717) is 0 Å². The van der Waals surface area contributed by atoms with Crippen LogP contribution < -0.4 is 0 Å². The van der Waals surface area contributed by atoms with E-state index in [1.807, 2.05) is 22.5 Å². The molecular formula is C6H4Br2S. The minimum atomic E-state index is 1.16. The van der Waals surface area contributed by atoms with Gasteiger partial charge in [-0.3, -0.25) is 0 Å². The zero-order valence-electron chi connectivity index (χ0n) is 4.47. The lowest BCUT2D eigenvalue weighted by atomic mass is 10.5. The first kappa shape index (κ1) is 7.51. The molecule has 0 aromatic carbocycles. The van der Waals surface area contributed by atoms with Crippen molar-refractivity contribution in [1.82, 2.24) is 0 Å². The van der Waals surface area contributed by atoms with Crippen LogP contribution in [0.25, 0.3) is 6.08 Å². The van der Waals surface area contributed by atoms with E-state index in [-0.39, 0.29) is 0 Å². The highest BCUT2D eigenvalue weighted by Gasteiger charge is 1.93. The lowest BCUT2D eigenvalue weighted by molar-refractivity contribution is 1.84. The lowest BCUT2D eigenvalue weighted by Crippen LogP contribution is -1.56. The zero-order valence-corrected chi connectivity index (χ0v) is 8.46. The smallest absolute Gasteiger partial charge is 0.0417 e. The zero-order chi connectivity index (χ0) is 6.69. The van der Waals surface area contributed by atoms with Gasteiger partial charge in [0.15, 0.2) is 0 Å². The molecule has 0 amide bonds. The van der Waals surface area contributed by atoms with Crippen LogP contribution in [0.5, 0.6) is 0 Å². The van der Waals surface area contributed by atoms with Crippen LogP contribution in [0.3, 0.4) is 0 Å². The highest BCUT2D eigenvalue weighted by molar-refractivity contribution is 9.11. The molecule has 9 heavy (non-hydrogen) atoms. The van der Waals surface area contributed by atoms with Gasteiger partial charge >= 0.3 is 0 Å². The van der Waals surface area contributed by atoms with E-state index < -0.39 is 0 Å². The van der Waals surface area contributed by atoms with Crippen molar-refractivity contribution >= 4 is 49.3 Å². The first-order valence-corrected chi connectivity index (χ1v) is 4.93. The summed E-state index contributed by atoms with van der Waals surface area (Å²) in [5.41, 5.74) is 0. The van der Waals surface area contributed by atoms with Crippen LogP contribution in [0.15, 0.2) is 20.9 Å². The van der Waals surface area contributed by atoms with Gasteiger partial charge in [-0.2, -0.15) is 0 Å². The van der Waals surface area contributed by atoms with Crippen molar-refractivity contribution in [2.45, 2.75) is 0 Å². The van der Waals surface area contributed by atoms with Crippen LogP contribution in [0, 0.1) is 0 Å². The van der Waals surface area contributed by atoms with E-state index >= 15 is 0 Å². The molecule has 0 N–H and O–H groups in total. The second kappa shape index (κ2) is 3.54. The van der Waals surface area contributed by atoms with Crippen LogP contribution in [-0.2, 0) is 0 Å². The standard InChI is InChI=1S/C6H4Br2S/c7-3-1-6-5(8)2-4-9-6/h1-4H/b3-1+. The van der Waals surface area contributed by atoms with E-state index in [1.54, 1.807) is 11.3 Å².